The van der Waals surface area contributed by atoms with Crippen LogP contribution in [-0.2, 0) is 29.3 Å². The Kier molecular flexibility index (Phi) is 7.87. The summed E-state index contributed by atoms with van der Waals surface area (Å²) < 4.78 is 23.1. The molecule has 0 radical (unpaired) electrons. The number of nitrogens with one attached hydrogen (secondary N) is 2. The Balaban J connectivity index is 1.41. The van der Waals surface area contributed by atoms with E-state index in [0.717, 1.165) is 24.5 Å². The van der Waals surface area contributed by atoms with Crippen LogP contribution in [0, 0.1) is 0 Å². The highest BCUT2D eigenvalue weighted by atomic mass is 32.2. The Morgan fingerprint density at radius 1 is 0.933 bits per heavy atom. The van der Waals surface area contributed by atoms with Gasteiger partial charge in [-0.1, -0.05) is 36.4 Å². The van der Waals surface area contributed by atoms with Crippen molar-refractivity contribution in [2.24, 2.45) is 4.99 Å². The molecule has 2 N–H and O–H groups in total. The summed E-state index contributed by atoms with van der Waals surface area (Å²) in [6, 6.07) is 15.8. The van der Waals surface area contributed by atoms with Gasteiger partial charge >= 0.3 is 0 Å². The van der Waals surface area contributed by atoms with E-state index in [2.05, 4.69) is 44.8 Å². The number of nitrogens with zero attached hydrogens (tertiary/aromatic N) is 2. The highest BCUT2D eigenvalue weighted by molar-refractivity contribution is 7.90. The van der Waals surface area contributed by atoms with Crippen LogP contribution in [0.4, 0.5) is 0 Å². The molecule has 1 aliphatic rings. The number of likely N-dealkylation sites (tertiary alicyclic amines) is 1. The van der Waals surface area contributed by atoms with Gasteiger partial charge in [-0.25, -0.2) is 8.42 Å². The predicted molar refractivity (Wildman–Crippen MR) is 122 cm³/mol. The summed E-state index contributed by atoms with van der Waals surface area (Å²) in [7, 11) is -1.39. The molecule has 0 amide bonds. The van der Waals surface area contributed by atoms with Gasteiger partial charge in [-0.2, -0.15) is 0 Å². The third kappa shape index (κ3) is 6.85. The first-order valence-corrected chi connectivity index (χ1v) is 12.4. The van der Waals surface area contributed by atoms with Crippen LogP contribution in [0.1, 0.15) is 29.5 Å². The van der Waals surface area contributed by atoms with E-state index in [4.69, 9.17) is 0 Å². The number of guanidine groups is 1. The minimum Gasteiger partial charge on any atom is -0.356 e. The van der Waals surface area contributed by atoms with Gasteiger partial charge in [0.2, 0.25) is 0 Å². The molecule has 6 nitrogen and oxygen atoms in total. The molecule has 162 valence electrons. The SMILES string of the molecule is CN=C(NCCc1ccc(S(C)(=O)=O)cc1)NCc1ccc(CN2CCCC2)cc1. The molecule has 2 aromatic carbocycles. The molecule has 7 heteroatoms. The van der Waals surface area contributed by atoms with Crippen molar-refractivity contribution >= 4 is 15.8 Å². The van der Waals surface area contributed by atoms with E-state index in [-0.39, 0.29) is 0 Å². The van der Waals surface area contributed by atoms with E-state index in [0.29, 0.717) is 18.0 Å². The van der Waals surface area contributed by atoms with Crippen LogP contribution in [0.3, 0.4) is 0 Å². The van der Waals surface area contributed by atoms with Gasteiger partial charge in [0.05, 0.1) is 4.90 Å². The standard InChI is InChI=1S/C23H32N4O2S/c1-24-23(25-14-13-19-9-11-22(12-10-19)30(2,28)29)26-17-20-5-7-21(8-6-20)18-27-15-3-4-16-27/h5-12H,3-4,13-18H2,1-2H3,(H2,24,25,26). The number of hydrogen-bond donors (Lipinski definition) is 2. The van der Waals surface area contributed by atoms with Crippen molar-refractivity contribution < 1.29 is 8.42 Å². The van der Waals surface area contributed by atoms with E-state index < -0.39 is 9.84 Å². The maximum atomic E-state index is 11.5. The number of benzene rings is 2. The third-order valence-electron chi connectivity index (χ3n) is 5.37. The van der Waals surface area contributed by atoms with E-state index in [9.17, 15) is 8.42 Å². The van der Waals surface area contributed by atoms with Crippen molar-refractivity contribution in [2.45, 2.75) is 37.2 Å². The van der Waals surface area contributed by atoms with Crippen molar-refractivity contribution in [1.82, 2.24) is 15.5 Å². The summed E-state index contributed by atoms with van der Waals surface area (Å²) in [4.78, 5) is 7.13. The van der Waals surface area contributed by atoms with Crippen molar-refractivity contribution in [3.63, 3.8) is 0 Å². The summed E-state index contributed by atoms with van der Waals surface area (Å²) in [5.74, 6) is 0.754. The van der Waals surface area contributed by atoms with Crippen molar-refractivity contribution in [1.29, 1.82) is 0 Å². The van der Waals surface area contributed by atoms with Gasteiger partial charge in [-0.3, -0.25) is 9.89 Å². The molecule has 30 heavy (non-hydrogen) atoms. The molecule has 2 aromatic rings. The first kappa shape index (κ1) is 22.3. The second-order valence-electron chi connectivity index (χ2n) is 7.82. The highest BCUT2D eigenvalue weighted by Crippen LogP contribution is 2.13. The summed E-state index contributed by atoms with van der Waals surface area (Å²) >= 11 is 0. The molecule has 0 unspecified atom stereocenters. The molecule has 1 saturated heterocycles. The number of hydrogen-bond acceptors (Lipinski definition) is 4. The molecule has 3 rings (SSSR count). The van der Waals surface area contributed by atoms with Crippen LogP contribution in [0.25, 0.3) is 0 Å². The maximum absolute atomic E-state index is 11.5. The minimum atomic E-state index is -3.15. The molecule has 0 spiro atoms. The summed E-state index contributed by atoms with van der Waals surface area (Å²) in [6.07, 6.45) is 4.65. The normalized spacial score (nSPS) is 15.3. The second kappa shape index (κ2) is 10.6. The van der Waals surface area contributed by atoms with Crippen LogP contribution < -0.4 is 10.6 Å². The fraction of sp³-hybridized carbons (Fsp3) is 0.435. The zero-order valence-corrected chi connectivity index (χ0v) is 18.7. The van der Waals surface area contributed by atoms with Gasteiger partial charge in [-0.15, -0.1) is 0 Å². The number of rotatable bonds is 8. The van der Waals surface area contributed by atoms with E-state index in [1.54, 1.807) is 19.2 Å². The lowest BCUT2D eigenvalue weighted by Crippen LogP contribution is -2.37. The van der Waals surface area contributed by atoms with Gasteiger partial charge in [0.15, 0.2) is 15.8 Å². The van der Waals surface area contributed by atoms with Gasteiger partial charge in [-0.05, 0) is 61.2 Å². The van der Waals surface area contributed by atoms with E-state index in [1.807, 2.05) is 12.1 Å². The number of aliphatic imine (C=N–C) groups is 1. The quantitative estimate of drug-likeness (QED) is 0.499. The Labute approximate surface area is 180 Å². The smallest absolute Gasteiger partial charge is 0.191 e. The molecule has 1 fully saturated rings. The topological polar surface area (TPSA) is 73.8 Å². The van der Waals surface area contributed by atoms with Crippen molar-refractivity contribution in [3.05, 3.63) is 65.2 Å². The fourth-order valence-corrected chi connectivity index (χ4v) is 4.23. The monoisotopic (exact) mass is 428 g/mol. The van der Waals surface area contributed by atoms with Gasteiger partial charge in [0, 0.05) is 32.9 Å². The molecule has 0 aromatic heterocycles. The molecule has 0 aliphatic carbocycles. The van der Waals surface area contributed by atoms with Crippen LogP contribution in [-0.4, -0.2) is 52.2 Å². The van der Waals surface area contributed by atoms with E-state index in [1.165, 1.54) is 43.3 Å². The molecular formula is C23H32N4O2S. The molecule has 0 atom stereocenters. The van der Waals surface area contributed by atoms with Gasteiger partial charge in [0.25, 0.3) is 0 Å². The highest BCUT2D eigenvalue weighted by Gasteiger charge is 2.11. The van der Waals surface area contributed by atoms with E-state index >= 15 is 0 Å². The average molecular weight is 429 g/mol. The molecule has 1 aliphatic heterocycles. The van der Waals surface area contributed by atoms with Crippen molar-refractivity contribution in [2.75, 3.05) is 32.9 Å². The first-order chi connectivity index (χ1) is 14.4. The molecule has 0 saturated carbocycles. The zero-order valence-electron chi connectivity index (χ0n) is 17.9. The molecular weight excluding hydrogens is 396 g/mol. The second-order valence-corrected chi connectivity index (χ2v) is 9.83. The van der Waals surface area contributed by atoms with Gasteiger partial charge < -0.3 is 10.6 Å². The fourth-order valence-electron chi connectivity index (χ4n) is 3.60. The first-order valence-electron chi connectivity index (χ1n) is 10.5. The van der Waals surface area contributed by atoms with Gasteiger partial charge in [0.1, 0.15) is 0 Å². The number of sulfone groups is 1. The lowest BCUT2D eigenvalue weighted by Gasteiger charge is -2.15. The van der Waals surface area contributed by atoms with Crippen LogP contribution in [0.2, 0.25) is 0 Å². The summed E-state index contributed by atoms with van der Waals surface area (Å²) in [5.41, 5.74) is 3.67. The predicted octanol–water partition coefficient (Wildman–Crippen LogP) is 2.59. The Bertz CT molecular complexity index is 932. The van der Waals surface area contributed by atoms with Crippen molar-refractivity contribution in [3.8, 4) is 0 Å². The van der Waals surface area contributed by atoms with Crippen LogP contribution in [0.15, 0.2) is 58.4 Å². The third-order valence-corrected chi connectivity index (χ3v) is 6.50. The lowest BCUT2D eigenvalue weighted by atomic mass is 10.1. The minimum absolute atomic E-state index is 0.350. The maximum Gasteiger partial charge on any atom is 0.191 e. The lowest BCUT2D eigenvalue weighted by molar-refractivity contribution is 0.331. The van der Waals surface area contributed by atoms with Crippen LogP contribution in [0.5, 0.6) is 0 Å². The average Bonchev–Trinajstić information content (AvgIpc) is 3.24. The summed E-state index contributed by atoms with van der Waals surface area (Å²) in [5, 5.41) is 6.65. The zero-order chi connectivity index (χ0) is 21.4. The molecule has 0 bridgehead atoms. The Morgan fingerprint density at radius 2 is 1.53 bits per heavy atom. The molecule has 1 heterocycles. The summed E-state index contributed by atoms with van der Waals surface area (Å²) in [6.45, 7) is 4.90. The van der Waals surface area contributed by atoms with Crippen LogP contribution >= 0.6 is 0 Å². The largest absolute Gasteiger partial charge is 0.356 e. The Morgan fingerprint density at radius 3 is 2.13 bits per heavy atom. The Hall–Kier alpha value is -2.38.